The van der Waals surface area contributed by atoms with Gasteiger partial charge in [-0.15, -0.1) is 16.8 Å². The van der Waals surface area contributed by atoms with Crippen molar-refractivity contribution in [3.63, 3.8) is 0 Å². The molecule has 0 saturated carbocycles. The molecule has 3 aromatic rings. The largest absolute Gasteiger partial charge is 0.494 e. The lowest BCUT2D eigenvalue weighted by Gasteiger charge is -2.14. The first-order valence-electron chi connectivity index (χ1n) is 9.84. The van der Waals surface area contributed by atoms with E-state index in [9.17, 15) is 4.79 Å². The summed E-state index contributed by atoms with van der Waals surface area (Å²) in [4.78, 5) is 12.3. The van der Waals surface area contributed by atoms with E-state index in [4.69, 9.17) is 4.74 Å². The SMILES string of the molecule is C=CCNC(=O)[C@H](C)Sc1nnc(-c2cccc(C)c2)n1-c1ccc(OCC)cc1. The van der Waals surface area contributed by atoms with E-state index >= 15 is 0 Å². The van der Waals surface area contributed by atoms with Gasteiger partial charge in [-0.2, -0.15) is 0 Å². The van der Waals surface area contributed by atoms with Crippen LogP contribution in [0, 0.1) is 6.92 Å². The lowest BCUT2D eigenvalue weighted by Crippen LogP contribution is -2.31. The van der Waals surface area contributed by atoms with E-state index < -0.39 is 0 Å². The summed E-state index contributed by atoms with van der Waals surface area (Å²) >= 11 is 1.37. The van der Waals surface area contributed by atoms with Crippen LogP contribution in [0.2, 0.25) is 0 Å². The van der Waals surface area contributed by atoms with Gasteiger partial charge in [0.25, 0.3) is 0 Å². The van der Waals surface area contributed by atoms with Crippen LogP contribution in [-0.2, 0) is 4.79 Å². The molecule has 1 heterocycles. The molecule has 0 aliphatic heterocycles. The van der Waals surface area contributed by atoms with Crippen molar-refractivity contribution >= 4 is 17.7 Å². The number of thioether (sulfide) groups is 1. The summed E-state index contributed by atoms with van der Waals surface area (Å²) in [5.41, 5.74) is 3.01. The second-order valence-electron chi connectivity index (χ2n) is 6.73. The molecule has 7 heteroatoms. The summed E-state index contributed by atoms with van der Waals surface area (Å²) in [6.07, 6.45) is 1.66. The molecule has 3 rings (SSSR count). The van der Waals surface area contributed by atoms with Crippen LogP contribution in [0.25, 0.3) is 17.1 Å². The Balaban J connectivity index is 2.00. The standard InChI is InChI=1S/C23H26N4O2S/c1-5-14-24-22(28)17(4)30-23-26-25-21(18-9-7-8-16(3)15-18)27(23)19-10-12-20(13-11-19)29-6-2/h5,7-13,15,17H,1,6,14H2,2-4H3,(H,24,28)/t17-/m0/s1. The number of carbonyl (C=O) groups excluding carboxylic acids is 1. The van der Waals surface area contributed by atoms with E-state index in [1.165, 1.54) is 11.8 Å². The molecule has 0 fully saturated rings. The Morgan fingerprint density at radius 1 is 1.27 bits per heavy atom. The highest BCUT2D eigenvalue weighted by atomic mass is 32.2. The van der Waals surface area contributed by atoms with Gasteiger partial charge in [0.1, 0.15) is 5.75 Å². The number of aromatic nitrogens is 3. The normalized spacial score (nSPS) is 11.7. The monoisotopic (exact) mass is 422 g/mol. The van der Waals surface area contributed by atoms with Crippen LogP contribution >= 0.6 is 11.8 Å². The van der Waals surface area contributed by atoms with Crippen LogP contribution in [-0.4, -0.2) is 39.1 Å². The topological polar surface area (TPSA) is 69.0 Å². The summed E-state index contributed by atoms with van der Waals surface area (Å²) in [6, 6.07) is 15.9. The number of amides is 1. The Morgan fingerprint density at radius 2 is 2.03 bits per heavy atom. The van der Waals surface area contributed by atoms with E-state index in [1.54, 1.807) is 6.08 Å². The van der Waals surface area contributed by atoms with E-state index in [0.29, 0.717) is 18.3 Å². The maximum Gasteiger partial charge on any atom is 0.233 e. The van der Waals surface area contributed by atoms with Gasteiger partial charge in [-0.25, -0.2) is 0 Å². The number of benzene rings is 2. The number of hydrogen-bond donors (Lipinski definition) is 1. The van der Waals surface area contributed by atoms with Crippen LogP contribution in [0.4, 0.5) is 0 Å². The van der Waals surface area contributed by atoms with E-state index in [0.717, 1.165) is 28.4 Å². The number of aryl methyl sites for hydroxylation is 1. The molecule has 0 aliphatic rings. The summed E-state index contributed by atoms with van der Waals surface area (Å²) < 4.78 is 7.54. The fourth-order valence-electron chi connectivity index (χ4n) is 2.94. The molecule has 30 heavy (non-hydrogen) atoms. The number of nitrogens with zero attached hydrogens (tertiary/aromatic N) is 3. The predicted octanol–water partition coefficient (Wildman–Crippen LogP) is 4.42. The second-order valence-corrected chi connectivity index (χ2v) is 8.04. The molecule has 0 unspecified atom stereocenters. The molecule has 0 saturated heterocycles. The van der Waals surface area contributed by atoms with E-state index in [1.807, 2.05) is 67.8 Å². The Bertz CT molecular complexity index is 1010. The van der Waals surface area contributed by atoms with Crippen LogP contribution in [0.3, 0.4) is 0 Å². The van der Waals surface area contributed by atoms with Crippen molar-refractivity contribution in [2.24, 2.45) is 0 Å². The highest BCUT2D eigenvalue weighted by Gasteiger charge is 2.21. The molecule has 0 radical (unpaired) electrons. The summed E-state index contributed by atoms with van der Waals surface area (Å²) in [5, 5.41) is 12.0. The average Bonchev–Trinajstić information content (AvgIpc) is 3.16. The third kappa shape index (κ3) is 5.10. The Hall–Kier alpha value is -3.06. The number of ether oxygens (including phenoxy) is 1. The van der Waals surface area contributed by atoms with E-state index in [2.05, 4.69) is 28.2 Å². The van der Waals surface area contributed by atoms with Gasteiger partial charge in [0.05, 0.1) is 11.9 Å². The van der Waals surface area contributed by atoms with Gasteiger partial charge in [0.15, 0.2) is 11.0 Å². The van der Waals surface area contributed by atoms with Crippen LogP contribution < -0.4 is 10.1 Å². The lowest BCUT2D eigenvalue weighted by molar-refractivity contribution is -0.120. The Labute approximate surface area is 181 Å². The summed E-state index contributed by atoms with van der Waals surface area (Å²) in [7, 11) is 0. The molecule has 1 amide bonds. The van der Waals surface area contributed by atoms with Gasteiger partial charge in [-0.05, 0) is 51.1 Å². The van der Waals surface area contributed by atoms with Gasteiger partial charge in [0, 0.05) is 17.8 Å². The minimum atomic E-state index is -0.332. The molecule has 2 aromatic carbocycles. The van der Waals surface area contributed by atoms with Gasteiger partial charge in [-0.1, -0.05) is 41.6 Å². The van der Waals surface area contributed by atoms with Crippen molar-refractivity contribution in [2.45, 2.75) is 31.2 Å². The lowest BCUT2D eigenvalue weighted by atomic mass is 10.1. The molecule has 0 bridgehead atoms. The highest BCUT2D eigenvalue weighted by molar-refractivity contribution is 8.00. The number of carbonyl (C=O) groups is 1. The zero-order valence-electron chi connectivity index (χ0n) is 17.5. The molecule has 6 nitrogen and oxygen atoms in total. The fourth-order valence-corrected chi connectivity index (χ4v) is 3.83. The molecule has 0 spiro atoms. The summed E-state index contributed by atoms with van der Waals surface area (Å²) in [6.45, 7) is 10.5. The van der Waals surface area contributed by atoms with Crippen molar-refractivity contribution in [3.05, 3.63) is 66.7 Å². The number of hydrogen-bond acceptors (Lipinski definition) is 5. The highest BCUT2D eigenvalue weighted by Crippen LogP contribution is 2.31. The zero-order valence-corrected chi connectivity index (χ0v) is 18.3. The van der Waals surface area contributed by atoms with Gasteiger partial charge < -0.3 is 10.1 Å². The van der Waals surface area contributed by atoms with Crippen molar-refractivity contribution < 1.29 is 9.53 Å². The van der Waals surface area contributed by atoms with Crippen molar-refractivity contribution in [1.29, 1.82) is 0 Å². The first kappa shape index (κ1) is 21.6. The summed E-state index contributed by atoms with van der Waals surface area (Å²) in [5.74, 6) is 1.46. The number of rotatable bonds is 9. The van der Waals surface area contributed by atoms with Crippen molar-refractivity contribution in [3.8, 4) is 22.8 Å². The van der Waals surface area contributed by atoms with Crippen molar-refractivity contribution in [1.82, 2.24) is 20.1 Å². The quantitative estimate of drug-likeness (QED) is 0.408. The fraction of sp³-hybridized carbons (Fsp3) is 0.261. The average molecular weight is 423 g/mol. The van der Waals surface area contributed by atoms with Gasteiger partial charge in [0.2, 0.25) is 5.91 Å². The van der Waals surface area contributed by atoms with Gasteiger partial charge in [-0.3, -0.25) is 9.36 Å². The maximum atomic E-state index is 12.3. The zero-order chi connectivity index (χ0) is 21.5. The van der Waals surface area contributed by atoms with Crippen LogP contribution in [0.5, 0.6) is 5.75 Å². The maximum absolute atomic E-state index is 12.3. The smallest absolute Gasteiger partial charge is 0.233 e. The van der Waals surface area contributed by atoms with E-state index in [-0.39, 0.29) is 11.2 Å². The third-order valence-corrected chi connectivity index (χ3v) is 5.43. The number of nitrogens with one attached hydrogen (secondary N) is 1. The third-order valence-electron chi connectivity index (χ3n) is 4.39. The molecule has 1 atom stereocenters. The molecule has 1 aromatic heterocycles. The first-order valence-corrected chi connectivity index (χ1v) is 10.7. The van der Waals surface area contributed by atoms with Crippen LogP contribution in [0.1, 0.15) is 19.4 Å². The molecule has 1 N–H and O–H groups in total. The van der Waals surface area contributed by atoms with Crippen molar-refractivity contribution in [2.75, 3.05) is 13.2 Å². The first-order chi connectivity index (χ1) is 14.5. The Morgan fingerprint density at radius 3 is 2.70 bits per heavy atom. The molecular formula is C23H26N4O2S. The minimum absolute atomic E-state index is 0.0711. The Kier molecular flexibility index (Phi) is 7.30. The minimum Gasteiger partial charge on any atom is -0.494 e. The molecule has 0 aliphatic carbocycles. The van der Waals surface area contributed by atoms with Crippen LogP contribution in [0.15, 0.2) is 66.3 Å². The molecular weight excluding hydrogens is 396 g/mol. The second kappa shape index (κ2) is 10.1. The van der Waals surface area contributed by atoms with Gasteiger partial charge >= 0.3 is 0 Å². The predicted molar refractivity (Wildman–Crippen MR) is 121 cm³/mol. The molecule has 156 valence electrons.